The smallest absolute Gasteiger partial charge is 0.327 e. The van der Waals surface area contributed by atoms with Crippen LogP contribution in [-0.4, -0.2) is 44.2 Å². The maximum absolute atomic E-state index is 12.4. The molecule has 2 unspecified atom stereocenters. The maximum Gasteiger partial charge on any atom is 0.327 e. The second-order valence-electron chi connectivity index (χ2n) is 5.27. The van der Waals surface area contributed by atoms with Crippen molar-refractivity contribution in [1.82, 2.24) is 15.2 Å². The van der Waals surface area contributed by atoms with Gasteiger partial charge in [0, 0.05) is 16.8 Å². The highest BCUT2D eigenvalue weighted by Gasteiger charge is 2.42. The maximum atomic E-state index is 12.4. The van der Waals surface area contributed by atoms with Gasteiger partial charge in [0.25, 0.3) is 0 Å². The van der Waals surface area contributed by atoms with Crippen molar-refractivity contribution in [1.29, 1.82) is 0 Å². The van der Waals surface area contributed by atoms with Crippen LogP contribution in [0.2, 0.25) is 0 Å². The number of carboxylic acid groups (broad SMARTS) is 1. The highest BCUT2D eigenvalue weighted by Crippen LogP contribution is 2.34. The highest BCUT2D eigenvalue weighted by molar-refractivity contribution is 8.00. The molecule has 2 atom stereocenters. The molecule has 2 heterocycles. The molecule has 1 aliphatic rings. The molecule has 0 aromatic carbocycles. The minimum atomic E-state index is -0.953. The van der Waals surface area contributed by atoms with Crippen molar-refractivity contribution in [2.75, 3.05) is 5.75 Å². The van der Waals surface area contributed by atoms with Gasteiger partial charge in [-0.2, -0.15) is 0 Å². The number of hydrogen-bond acceptors (Lipinski definition) is 5. The Morgan fingerprint density at radius 3 is 2.81 bits per heavy atom. The summed E-state index contributed by atoms with van der Waals surface area (Å²) in [7, 11) is 0. The molecule has 2 N–H and O–H groups in total. The van der Waals surface area contributed by atoms with Crippen molar-refractivity contribution in [3.63, 3.8) is 0 Å². The lowest BCUT2D eigenvalue weighted by Gasteiger charge is -2.29. The number of rotatable bonds is 4. The summed E-state index contributed by atoms with van der Waals surface area (Å²) in [6, 6.07) is -1.10. The molecular weight excluding hydrogens is 310 g/mol. The Balaban J connectivity index is 2.04. The van der Waals surface area contributed by atoms with Gasteiger partial charge in [-0.25, -0.2) is 14.6 Å². The van der Waals surface area contributed by atoms with Crippen molar-refractivity contribution in [2.24, 2.45) is 5.92 Å². The zero-order valence-corrected chi connectivity index (χ0v) is 13.8. The zero-order valence-electron chi connectivity index (χ0n) is 12.2. The van der Waals surface area contributed by atoms with Gasteiger partial charge in [0.05, 0.1) is 11.9 Å². The molecule has 1 aromatic rings. The number of carbonyl (C=O) groups is 2. The van der Waals surface area contributed by atoms with E-state index < -0.39 is 12.0 Å². The number of aromatic nitrogens is 1. The van der Waals surface area contributed by atoms with Crippen LogP contribution in [0.4, 0.5) is 4.79 Å². The van der Waals surface area contributed by atoms with Crippen molar-refractivity contribution in [2.45, 2.75) is 38.7 Å². The fourth-order valence-corrected chi connectivity index (χ4v) is 4.40. The Kier molecular flexibility index (Phi) is 5.10. The Morgan fingerprint density at radius 1 is 1.57 bits per heavy atom. The molecule has 0 saturated carbocycles. The van der Waals surface area contributed by atoms with Crippen molar-refractivity contribution in [3.8, 4) is 0 Å². The van der Waals surface area contributed by atoms with Gasteiger partial charge in [0.2, 0.25) is 0 Å². The first-order valence-corrected chi connectivity index (χ1v) is 8.64. The first kappa shape index (κ1) is 16.1. The molecule has 116 valence electrons. The van der Waals surface area contributed by atoms with Gasteiger partial charge in [0.1, 0.15) is 11.0 Å². The Labute approximate surface area is 131 Å². The lowest BCUT2D eigenvalue weighted by atomic mass is 10.2. The summed E-state index contributed by atoms with van der Waals surface area (Å²) in [4.78, 5) is 29.4. The topological polar surface area (TPSA) is 82.5 Å². The van der Waals surface area contributed by atoms with E-state index in [9.17, 15) is 14.7 Å². The van der Waals surface area contributed by atoms with Crippen molar-refractivity contribution < 1.29 is 14.7 Å². The van der Waals surface area contributed by atoms with Crippen LogP contribution in [0.3, 0.4) is 0 Å². The number of nitrogens with one attached hydrogen (secondary N) is 1. The minimum absolute atomic E-state index is 0.107. The van der Waals surface area contributed by atoms with Crippen LogP contribution < -0.4 is 5.32 Å². The lowest BCUT2D eigenvalue weighted by molar-refractivity contribution is -0.141. The number of urea groups is 1. The minimum Gasteiger partial charge on any atom is -0.480 e. The fourth-order valence-electron chi connectivity index (χ4n) is 2.22. The lowest BCUT2D eigenvalue weighted by Crippen LogP contribution is -2.51. The van der Waals surface area contributed by atoms with Crippen LogP contribution in [0.25, 0.3) is 0 Å². The van der Waals surface area contributed by atoms with E-state index in [0.717, 1.165) is 10.7 Å². The molecule has 8 heteroatoms. The number of amides is 2. The largest absolute Gasteiger partial charge is 0.480 e. The van der Waals surface area contributed by atoms with Crippen LogP contribution in [0.15, 0.2) is 5.38 Å². The number of nitrogens with zero attached hydrogens (tertiary/aromatic N) is 2. The molecule has 0 radical (unpaired) electrons. The molecule has 2 amide bonds. The summed E-state index contributed by atoms with van der Waals surface area (Å²) in [5.41, 5.74) is 0.921. The van der Waals surface area contributed by atoms with Gasteiger partial charge < -0.3 is 10.4 Å². The number of carboxylic acids is 1. The number of carbonyl (C=O) groups excluding carboxylic acids is 1. The quantitative estimate of drug-likeness (QED) is 0.884. The number of thioether (sulfide) groups is 1. The van der Waals surface area contributed by atoms with Crippen molar-refractivity contribution in [3.05, 3.63) is 16.1 Å². The average molecular weight is 329 g/mol. The number of hydrogen-bond donors (Lipinski definition) is 2. The SMILES string of the molecule is Cc1csc(CNC(=O)N2C(C(=O)O)CSC2C(C)C)n1. The second kappa shape index (κ2) is 6.65. The Morgan fingerprint density at radius 2 is 2.29 bits per heavy atom. The van der Waals surface area contributed by atoms with Gasteiger partial charge in [-0.3, -0.25) is 4.90 Å². The molecule has 1 aliphatic heterocycles. The molecule has 1 aromatic heterocycles. The standard InChI is InChI=1S/C13H19N3O3S2/c1-7(2)11-16(9(6-21-11)12(17)18)13(19)14-4-10-15-8(3)5-20-10/h5,7,9,11H,4,6H2,1-3H3,(H,14,19)(H,17,18). The Bertz CT molecular complexity index is 532. The van der Waals surface area contributed by atoms with Crippen molar-refractivity contribution >= 4 is 35.1 Å². The van der Waals surface area contributed by atoms with Gasteiger partial charge >= 0.3 is 12.0 Å². The number of thiazole rings is 1. The molecule has 21 heavy (non-hydrogen) atoms. The third-order valence-electron chi connectivity index (χ3n) is 3.18. The molecule has 0 aliphatic carbocycles. The van der Waals surface area contributed by atoms with Gasteiger partial charge in [-0.1, -0.05) is 13.8 Å². The predicted octanol–water partition coefficient (Wildman–Crippen LogP) is 2.15. The van der Waals surface area contributed by atoms with Crippen LogP contribution in [0, 0.1) is 12.8 Å². The first-order chi connectivity index (χ1) is 9.90. The first-order valence-electron chi connectivity index (χ1n) is 6.71. The van der Waals surface area contributed by atoms with E-state index in [4.69, 9.17) is 0 Å². The number of aliphatic carboxylic acids is 1. The van der Waals surface area contributed by atoms with E-state index in [0.29, 0.717) is 12.3 Å². The molecule has 0 spiro atoms. The number of aryl methyl sites for hydroxylation is 1. The normalized spacial score (nSPS) is 21.8. The third kappa shape index (κ3) is 3.68. The summed E-state index contributed by atoms with van der Waals surface area (Å²) >= 11 is 3.00. The molecule has 1 saturated heterocycles. The van der Waals surface area contributed by atoms with Crippen LogP contribution in [0.1, 0.15) is 24.5 Å². The third-order valence-corrected chi connectivity index (χ3v) is 5.77. The van der Waals surface area contributed by atoms with E-state index in [-0.39, 0.29) is 17.3 Å². The van der Waals surface area contributed by atoms with Crippen LogP contribution in [0.5, 0.6) is 0 Å². The van der Waals surface area contributed by atoms with Crippen LogP contribution >= 0.6 is 23.1 Å². The molecule has 2 rings (SSSR count). The van der Waals surface area contributed by atoms with E-state index >= 15 is 0 Å². The summed E-state index contributed by atoms with van der Waals surface area (Å²) in [6.07, 6.45) is 0. The van der Waals surface area contributed by atoms with E-state index in [2.05, 4.69) is 10.3 Å². The monoisotopic (exact) mass is 329 g/mol. The molecule has 6 nitrogen and oxygen atoms in total. The Hall–Kier alpha value is -1.28. The summed E-state index contributed by atoms with van der Waals surface area (Å²) in [6.45, 7) is 6.21. The van der Waals surface area contributed by atoms with E-state index in [1.54, 1.807) is 0 Å². The van der Waals surface area contributed by atoms with E-state index in [1.165, 1.54) is 28.0 Å². The highest BCUT2D eigenvalue weighted by atomic mass is 32.2. The van der Waals surface area contributed by atoms with E-state index in [1.807, 2.05) is 26.2 Å². The van der Waals surface area contributed by atoms with Gasteiger partial charge in [-0.05, 0) is 12.8 Å². The van der Waals surface area contributed by atoms with Gasteiger partial charge in [0.15, 0.2) is 0 Å². The predicted molar refractivity (Wildman–Crippen MR) is 83.4 cm³/mol. The second-order valence-corrected chi connectivity index (χ2v) is 7.36. The average Bonchev–Trinajstić information content (AvgIpc) is 3.01. The zero-order chi connectivity index (χ0) is 15.6. The summed E-state index contributed by atoms with van der Waals surface area (Å²) in [5, 5.41) is 14.7. The fraction of sp³-hybridized carbons (Fsp3) is 0.615. The summed E-state index contributed by atoms with van der Waals surface area (Å²) < 4.78 is 0. The summed E-state index contributed by atoms with van der Waals surface area (Å²) in [5.74, 6) is -0.319. The molecular formula is C13H19N3O3S2. The van der Waals surface area contributed by atoms with Gasteiger partial charge in [-0.15, -0.1) is 23.1 Å². The molecule has 0 bridgehead atoms. The van der Waals surface area contributed by atoms with Crippen LogP contribution in [-0.2, 0) is 11.3 Å². The molecule has 1 fully saturated rings.